The first-order valence-electron chi connectivity index (χ1n) is 14.9. The molecule has 0 saturated carbocycles. The summed E-state index contributed by atoms with van der Waals surface area (Å²) in [5.41, 5.74) is 6.44. The highest BCUT2D eigenvalue weighted by molar-refractivity contribution is 6.06. The van der Waals surface area contributed by atoms with Gasteiger partial charge in [-0.1, -0.05) is 40.3 Å². The Morgan fingerprint density at radius 3 is 2.57 bits per heavy atom. The van der Waals surface area contributed by atoms with Crippen molar-refractivity contribution in [2.75, 3.05) is 22.1 Å². The molecular formula is C34H39N7O3. The zero-order valence-corrected chi connectivity index (χ0v) is 26.2. The molecule has 0 bridgehead atoms. The van der Waals surface area contributed by atoms with Crippen LogP contribution in [0.2, 0.25) is 0 Å². The maximum atomic E-state index is 13.7. The molecule has 44 heavy (non-hydrogen) atoms. The van der Waals surface area contributed by atoms with Gasteiger partial charge in [-0.15, -0.1) is 0 Å². The van der Waals surface area contributed by atoms with E-state index in [0.29, 0.717) is 35.1 Å². The lowest BCUT2D eigenvalue weighted by Gasteiger charge is -2.30. The van der Waals surface area contributed by atoms with Crippen molar-refractivity contribution in [1.82, 2.24) is 19.1 Å². The van der Waals surface area contributed by atoms with Gasteiger partial charge in [-0.3, -0.25) is 19.3 Å². The van der Waals surface area contributed by atoms with Crippen molar-refractivity contribution < 1.29 is 9.59 Å². The normalized spacial score (nSPS) is 14.7. The van der Waals surface area contributed by atoms with Gasteiger partial charge in [-0.05, 0) is 67.2 Å². The number of rotatable bonds is 6. The van der Waals surface area contributed by atoms with Gasteiger partial charge in [0.25, 0.3) is 11.5 Å². The number of hydrogen-bond acceptors (Lipinski definition) is 6. The molecule has 4 heterocycles. The van der Waals surface area contributed by atoms with Gasteiger partial charge in [0, 0.05) is 60.7 Å². The Hall–Kier alpha value is -4.99. The SMILES string of the molecule is C=CC(=O)Nc1cccc(Nc2nc(-c3ccnc(N4CCn5c(cc6c5CC(C)(C)C6)C4=O)c3C)cn(C)c2=O)c1.CC. The summed E-state index contributed by atoms with van der Waals surface area (Å²) in [5, 5.41) is 5.80. The summed E-state index contributed by atoms with van der Waals surface area (Å²) in [4.78, 5) is 49.5. The maximum absolute atomic E-state index is 13.7. The lowest BCUT2D eigenvalue weighted by atomic mass is 9.90. The molecule has 3 aromatic heterocycles. The molecule has 0 saturated heterocycles. The predicted molar refractivity (Wildman–Crippen MR) is 175 cm³/mol. The van der Waals surface area contributed by atoms with Crippen LogP contribution in [-0.2, 0) is 31.2 Å². The first-order valence-corrected chi connectivity index (χ1v) is 14.9. The van der Waals surface area contributed by atoms with Gasteiger partial charge in [0.2, 0.25) is 5.91 Å². The van der Waals surface area contributed by atoms with Crippen molar-refractivity contribution in [2.24, 2.45) is 12.5 Å². The number of hydrogen-bond donors (Lipinski definition) is 2. The minimum atomic E-state index is -0.333. The summed E-state index contributed by atoms with van der Waals surface area (Å²) in [6.45, 7) is 15.2. The number of nitrogens with one attached hydrogen (secondary N) is 2. The molecule has 0 radical (unpaired) electrons. The smallest absolute Gasteiger partial charge is 0.293 e. The van der Waals surface area contributed by atoms with Crippen LogP contribution in [0.15, 0.2) is 66.2 Å². The van der Waals surface area contributed by atoms with Crippen molar-refractivity contribution in [3.05, 3.63) is 94.3 Å². The summed E-state index contributed by atoms with van der Waals surface area (Å²) >= 11 is 0. The number of amides is 2. The van der Waals surface area contributed by atoms with Gasteiger partial charge in [0.05, 0.1) is 5.69 Å². The molecule has 2 N–H and O–H groups in total. The minimum absolute atomic E-state index is 0.0552. The fourth-order valence-electron chi connectivity index (χ4n) is 6.01. The predicted octanol–water partition coefficient (Wildman–Crippen LogP) is 5.63. The monoisotopic (exact) mass is 593 g/mol. The first-order chi connectivity index (χ1) is 21.0. The van der Waals surface area contributed by atoms with Gasteiger partial charge < -0.3 is 19.8 Å². The van der Waals surface area contributed by atoms with Crippen LogP contribution >= 0.6 is 0 Å². The van der Waals surface area contributed by atoms with Crippen LogP contribution < -0.4 is 21.1 Å². The summed E-state index contributed by atoms with van der Waals surface area (Å²) in [7, 11) is 1.67. The zero-order chi connectivity index (χ0) is 31.8. The molecule has 4 aromatic rings. The molecule has 0 fully saturated rings. The van der Waals surface area contributed by atoms with Crippen LogP contribution in [0.1, 0.15) is 55.0 Å². The summed E-state index contributed by atoms with van der Waals surface area (Å²) in [6, 6.07) is 10.9. The maximum Gasteiger partial charge on any atom is 0.293 e. The van der Waals surface area contributed by atoms with E-state index in [0.717, 1.165) is 30.5 Å². The van der Waals surface area contributed by atoms with E-state index >= 15 is 0 Å². The van der Waals surface area contributed by atoms with Crippen LogP contribution in [0, 0.1) is 12.3 Å². The number of carbonyl (C=O) groups is 2. The Kier molecular flexibility index (Phi) is 8.27. The molecule has 2 amide bonds. The van der Waals surface area contributed by atoms with Gasteiger partial charge in [-0.25, -0.2) is 9.97 Å². The number of aromatic nitrogens is 4. The van der Waals surface area contributed by atoms with Gasteiger partial charge in [-0.2, -0.15) is 0 Å². The largest absolute Gasteiger partial charge is 0.339 e. The Bertz CT molecular complexity index is 1830. The Morgan fingerprint density at radius 2 is 1.82 bits per heavy atom. The molecule has 0 atom stereocenters. The summed E-state index contributed by atoms with van der Waals surface area (Å²) in [5.74, 6) is 0.325. The lowest BCUT2D eigenvalue weighted by Crippen LogP contribution is -2.41. The van der Waals surface area contributed by atoms with E-state index in [-0.39, 0.29) is 28.6 Å². The number of carbonyl (C=O) groups excluding carboxylic acids is 2. The molecule has 2 aliphatic rings. The molecule has 10 heteroatoms. The van der Waals surface area contributed by atoms with E-state index in [2.05, 4.69) is 51.7 Å². The van der Waals surface area contributed by atoms with E-state index in [9.17, 15) is 14.4 Å². The second-order valence-corrected chi connectivity index (χ2v) is 11.7. The topological polar surface area (TPSA) is 114 Å². The molecule has 10 nitrogen and oxygen atoms in total. The number of aryl methyl sites for hydroxylation is 1. The average Bonchev–Trinajstić information content (AvgIpc) is 3.49. The third-order valence-corrected chi connectivity index (χ3v) is 7.98. The van der Waals surface area contributed by atoms with Crippen LogP contribution in [0.3, 0.4) is 0 Å². The van der Waals surface area contributed by atoms with Crippen LogP contribution in [-0.4, -0.2) is 37.5 Å². The number of benzene rings is 1. The lowest BCUT2D eigenvalue weighted by molar-refractivity contribution is -0.111. The fraction of sp³-hybridized carbons (Fsp3) is 0.324. The fourth-order valence-corrected chi connectivity index (χ4v) is 6.01. The molecule has 0 spiro atoms. The third-order valence-electron chi connectivity index (χ3n) is 7.98. The van der Waals surface area contributed by atoms with Gasteiger partial charge >= 0.3 is 0 Å². The third kappa shape index (κ3) is 5.67. The minimum Gasteiger partial charge on any atom is -0.339 e. The quantitative estimate of drug-likeness (QED) is 0.280. The van der Waals surface area contributed by atoms with E-state index in [1.807, 2.05) is 26.8 Å². The van der Waals surface area contributed by atoms with Crippen LogP contribution in [0.4, 0.5) is 23.0 Å². The van der Waals surface area contributed by atoms with E-state index < -0.39 is 0 Å². The van der Waals surface area contributed by atoms with Crippen molar-refractivity contribution in [2.45, 2.75) is 54.0 Å². The standard InChI is InChI=1S/C32H33N7O3.C2H6/c1-6-27(40)34-21-8-7-9-22(15-21)35-28-31(42)37(5)18-24(36-28)23-10-11-33-29(19(23)2)39-13-12-38-25(30(39)41)14-20-16-32(3,4)17-26(20)38;1-2/h6-11,14-15,18H,1,12-13,16-17H2,2-5H3,(H,34,40)(H,35,36);1-2H3. The van der Waals surface area contributed by atoms with E-state index in [1.54, 1.807) is 48.6 Å². The van der Waals surface area contributed by atoms with E-state index in [1.165, 1.54) is 21.9 Å². The molecule has 6 rings (SSSR count). The molecule has 1 aliphatic carbocycles. The molecule has 0 unspecified atom stereocenters. The number of pyridine rings is 1. The first kappa shape index (κ1) is 30.5. The Morgan fingerprint density at radius 1 is 1.07 bits per heavy atom. The van der Waals surface area contributed by atoms with Gasteiger partial charge in [0.15, 0.2) is 5.82 Å². The molecular weight excluding hydrogens is 554 g/mol. The Labute approximate surface area is 257 Å². The van der Waals surface area contributed by atoms with Crippen molar-refractivity contribution in [3.8, 4) is 11.3 Å². The van der Waals surface area contributed by atoms with Gasteiger partial charge in [0.1, 0.15) is 11.5 Å². The average molecular weight is 594 g/mol. The number of fused-ring (bicyclic) bond motifs is 3. The summed E-state index contributed by atoms with van der Waals surface area (Å²) < 4.78 is 3.65. The second kappa shape index (κ2) is 11.9. The van der Waals surface area contributed by atoms with Crippen molar-refractivity contribution in [1.29, 1.82) is 0 Å². The van der Waals surface area contributed by atoms with Crippen LogP contribution in [0.5, 0.6) is 0 Å². The van der Waals surface area contributed by atoms with Crippen molar-refractivity contribution in [3.63, 3.8) is 0 Å². The van der Waals surface area contributed by atoms with Crippen LogP contribution in [0.25, 0.3) is 11.3 Å². The highest BCUT2D eigenvalue weighted by Crippen LogP contribution is 2.40. The molecule has 228 valence electrons. The molecule has 1 aromatic carbocycles. The number of anilines is 4. The zero-order valence-electron chi connectivity index (χ0n) is 26.2. The highest BCUT2D eigenvalue weighted by atomic mass is 16.2. The number of nitrogens with zero attached hydrogens (tertiary/aromatic N) is 5. The van der Waals surface area contributed by atoms with Crippen molar-refractivity contribution >= 4 is 34.8 Å². The Balaban J connectivity index is 0.00000188. The second-order valence-electron chi connectivity index (χ2n) is 11.7. The summed E-state index contributed by atoms with van der Waals surface area (Å²) in [6.07, 6.45) is 6.49. The van der Waals surface area contributed by atoms with E-state index in [4.69, 9.17) is 0 Å². The molecule has 1 aliphatic heterocycles. The highest BCUT2D eigenvalue weighted by Gasteiger charge is 2.37.